The molecule has 76 valence electrons. The summed E-state index contributed by atoms with van der Waals surface area (Å²) in [5.74, 6) is -0.941. The van der Waals surface area contributed by atoms with Crippen LogP contribution < -0.4 is 5.32 Å². The molecule has 0 aromatic heterocycles. The average molecular weight is 199 g/mol. The van der Waals surface area contributed by atoms with Gasteiger partial charge in [0.2, 0.25) is 0 Å². The monoisotopic (exact) mass is 199 g/mol. The third kappa shape index (κ3) is 1.76. The van der Waals surface area contributed by atoms with Crippen molar-refractivity contribution in [3.8, 4) is 0 Å². The highest BCUT2D eigenvalue weighted by Crippen LogP contribution is 2.20. The third-order valence-electron chi connectivity index (χ3n) is 2.44. The predicted octanol–water partition coefficient (Wildman–Crippen LogP) is 0.842. The summed E-state index contributed by atoms with van der Waals surface area (Å²) in [7, 11) is 0. The molecule has 1 aliphatic heterocycles. The summed E-state index contributed by atoms with van der Waals surface area (Å²) in [4.78, 5) is 0. The molecule has 0 atom stereocenters. The molecule has 0 saturated carbocycles. The highest BCUT2D eigenvalue weighted by Gasteiger charge is 2.34. The number of hydrogen-bond acceptors (Lipinski definition) is 2. The normalized spacial score (nSPS) is 19.1. The topological polar surface area (TPSA) is 32.3 Å². The molecule has 0 bridgehead atoms. The molecule has 0 radical (unpaired) electrons. The summed E-state index contributed by atoms with van der Waals surface area (Å²) in [6.45, 7) is 0.867. The van der Waals surface area contributed by atoms with Crippen LogP contribution in [0.2, 0.25) is 0 Å². The lowest BCUT2D eigenvalue weighted by atomic mass is 9.89. The molecule has 4 heteroatoms. The van der Waals surface area contributed by atoms with Crippen molar-refractivity contribution in [1.82, 2.24) is 5.32 Å². The highest BCUT2D eigenvalue weighted by molar-refractivity contribution is 5.22. The Kier molecular flexibility index (Phi) is 2.25. The maximum absolute atomic E-state index is 13.2. The Morgan fingerprint density at radius 1 is 1.36 bits per heavy atom. The molecule has 14 heavy (non-hydrogen) atoms. The van der Waals surface area contributed by atoms with E-state index < -0.39 is 17.2 Å². The minimum Gasteiger partial charge on any atom is -0.387 e. The van der Waals surface area contributed by atoms with E-state index >= 15 is 0 Å². The van der Waals surface area contributed by atoms with Gasteiger partial charge in [-0.3, -0.25) is 0 Å². The van der Waals surface area contributed by atoms with Gasteiger partial charge in [-0.2, -0.15) is 0 Å². The SMILES string of the molecule is OC1(Cc2cc(F)ccc2F)CNC1. The predicted molar refractivity (Wildman–Crippen MR) is 47.9 cm³/mol. The van der Waals surface area contributed by atoms with E-state index in [-0.39, 0.29) is 12.0 Å². The van der Waals surface area contributed by atoms with Crippen LogP contribution in [-0.2, 0) is 6.42 Å². The van der Waals surface area contributed by atoms with Crippen molar-refractivity contribution in [2.75, 3.05) is 13.1 Å². The Hall–Kier alpha value is -1.00. The van der Waals surface area contributed by atoms with E-state index in [2.05, 4.69) is 5.32 Å². The zero-order chi connectivity index (χ0) is 10.2. The van der Waals surface area contributed by atoms with Gasteiger partial charge >= 0.3 is 0 Å². The van der Waals surface area contributed by atoms with E-state index in [1.165, 1.54) is 0 Å². The molecule has 1 aliphatic rings. The highest BCUT2D eigenvalue weighted by atomic mass is 19.1. The molecule has 0 aliphatic carbocycles. The molecule has 0 unspecified atom stereocenters. The van der Waals surface area contributed by atoms with Crippen LogP contribution >= 0.6 is 0 Å². The van der Waals surface area contributed by atoms with E-state index in [0.29, 0.717) is 13.1 Å². The van der Waals surface area contributed by atoms with Crippen LogP contribution in [0.4, 0.5) is 8.78 Å². The first-order valence-corrected chi connectivity index (χ1v) is 4.46. The van der Waals surface area contributed by atoms with E-state index in [0.717, 1.165) is 18.2 Å². The number of β-amino-alcohol motifs (C(OH)–C–C–N with tert-alkyl or cyclic N) is 1. The molecule has 1 saturated heterocycles. The smallest absolute Gasteiger partial charge is 0.126 e. The fourth-order valence-electron chi connectivity index (χ4n) is 1.57. The third-order valence-corrected chi connectivity index (χ3v) is 2.44. The Labute approximate surface area is 80.6 Å². The van der Waals surface area contributed by atoms with Gasteiger partial charge in [0, 0.05) is 19.5 Å². The Morgan fingerprint density at radius 3 is 2.64 bits per heavy atom. The van der Waals surface area contributed by atoms with Crippen LogP contribution in [0.15, 0.2) is 18.2 Å². The van der Waals surface area contributed by atoms with Crippen LogP contribution in [0.5, 0.6) is 0 Å². The van der Waals surface area contributed by atoms with Gasteiger partial charge in [-0.25, -0.2) is 8.78 Å². The summed E-state index contributed by atoms with van der Waals surface area (Å²) < 4.78 is 25.9. The van der Waals surface area contributed by atoms with Gasteiger partial charge in [0.05, 0.1) is 5.60 Å². The van der Waals surface area contributed by atoms with Crippen LogP contribution in [0.3, 0.4) is 0 Å². The summed E-state index contributed by atoms with van der Waals surface area (Å²) in [6, 6.07) is 3.29. The van der Waals surface area contributed by atoms with Gasteiger partial charge in [0.15, 0.2) is 0 Å². The van der Waals surface area contributed by atoms with Gasteiger partial charge < -0.3 is 10.4 Å². The molecule has 1 aromatic carbocycles. The van der Waals surface area contributed by atoms with E-state index in [9.17, 15) is 13.9 Å². The quantitative estimate of drug-likeness (QED) is 0.739. The van der Waals surface area contributed by atoms with Crippen LogP contribution in [-0.4, -0.2) is 23.8 Å². The average Bonchev–Trinajstić information content (AvgIpc) is 2.09. The van der Waals surface area contributed by atoms with Gasteiger partial charge in [0.1, 0.15) is 11.6 Å². The molecular weight excluding hydrogens is 188 g/mol. The lowest BCUT2D eigenvalue weighted by Crippen LogP contribution is -2.60. The molecule has 2 N–H and O–H groups in total. The summed E-state index contributed by atoms with van der Waals surface area (Å²) in [5, 5.41) is 12.6. The zero-order valence-corrected chi connectivity index (χ0v) is 7.56. The zero-order valence-electron chi connectivity index (χ0n) is 7.56. The number of hydrogen-bond donors (Lipinski definition) is 2. The second-order valence-electron chi connectivity index (χ2n) is 3.74. The summed E-state index contributed by atoms with van der Waals surface area (Å²) in [6.07, 6.45) is 0.156. The molecule has 1 heterocycles. The molecule has 1 fully saturated rings. The van der Waals surface area contributed by atoms with Crippen molar-refractivity contribution in [3.63, 3.8) is 0 Å². The van der Waals surface area contributed by atoms with E-state index in [1.54, 1.807) is 0 Å². The molecule has 0 spiro atoms. The number of nitrogens with one attached hydrogen (secondary N) is 1. The van der Waals surface area contributed by atoms with Crippen LogP contribution in [0.1, 0.15) is 5.56 Å². The molecule has 2 nitrogen and oxygen atoms in total. The fraction of sp³-hybridized carbons (Fsp3) is 0.400. The molecule has 2 rings (SSSR count). The second-order valence-corrected chi connectivity index (χ2v) is 3.74. The lowest BCUT2D eigenvalue weighted by Gasteiger charge is -2.37. The first-order chi connectivity index (χ1) is 6.59. The largest absolute Gasteiger partial charge is 0.387 e. The number of benzene rings is 1. The second kappa shape index (κ2) is 3.29. The molecular formula is C10H11F2NO. The van der Waals surface area contributed by atoms with Crippen molar-refractivity contribution in [3.05, 3.63) is 35.4 Å². The van der Waals surface area contributed by atoms with Crippen molar-refractivity contribution >= 4 is 0 Å². The van der Waals surface area contributed by atoms with Crippen LogP contribution in [0.25, 0.3) is 0 Å². The van der Waals surface area contributed by atoms with E-state index in [1.807, 2.05) is 0 Å². The standard InChI is InChI=1S/C10H11F2NO/c11-8-1-2-9(12)7(3-8)4-10(14)5-13-6-10/h1-3,13-14H,4-6H2. The van der Waals surface area contributed by atoms with Crippen LogP contribution in [0, 0.1) is 11.6 Å². The fourth-order valence-corrected chi connectivity index (χ4v) is 1.57. The van der Waals surface area contributed by atoms with Gasteiger partial charge in [-0.1, -0.05) is 0 Å². The maximum Gasteiger partial charge on any atom is 0.126 e. The number of aliphatic hydroxyl groups is 1. The Morgan fingerprint density at radius 2 is 2.07 bits per heavy atom. The first kappa shape index (κ1) is 9.55. The van der Waals surface area contributed by atoms with Crippen molar-refractivity contribution in [1.29, 1.82) is 0 Å². The first-order valence-electron chi connectivity index (χ1n) is 4.46. The maximum atomic E-state index is 13.2. The van der Waals surface area contributed by atoms with E-state index in [4.69, 9.17) is 0 Å². The Balaban J connectivity index is 2.19. The number of halogens is 2. The van der Waals surface area contributed by atoms with Crippen molar-refractivity contribution in [2.24, 2.45) is 0 Å². The molecule has 0 amide bonds. The van der Waals surface area contributed by atoms with Crippen molar-refractivity contribution < 1.29 is 13.9 Å². The minimum absolute atomic E-state index is 0.156. The number of rotatable bonds is 2. The molecule has 1 aromatic rings. The Bertz CT molecular complexity index is 350. The minimum atomic E-state index is -0.908. The summed E-state index contributed by atoms with van der Waals surface area (Å²) >= 11 is 0. The van der Waals surface area contributed by atoms with Crippen molar-refractivity contribution in [2.45, 2.75) is 12.0 Å². The van der Waals surface area contributed by atoms with Gasteiger partial charge in [-0.15, -0.1) is 0 Å². The van der Waals surface area contributed by atoms with Gasteiger partial charge in [0.25, 0.3) is 0 Å². The lowest BCUT2D eigenvalue weighted by molar-refractivity contribution is -0.00972. The summed E-state index contributed by atoms with van der Waals surface area (Å²) in [5.41, 5.74) is -0.678. The van der Waals surface area contributed by atoms with Gasteiger partial charge in [-0.05, 0) is 23.8 Å².